The molecule has 2 aromatic carbocycles. The van der Waals surface area contributed by atoms with Crippen molar-refractivity contribution in [3.63, 3.8) is 0 Å². The Balaban J connectivity index is 1.56. The van der Waals surface area contributed by atoms with Crippen molar-refractivity contribution in [2.45, 2.75) is 6.54 Å². The number of nitrogens with zero attached hydrogens (tertiary/aromatic N) is 2. The summed E-state index contributed by atoms with van der Waals surface area (Å²) in [5.41, 5.74) is 2.79. The minimum atomic E-state index is -0.0718. The Morgan fingerprint density at radius 1 is 0.957 bits per heavy atom. The molecule has 0 atom stereocenters. The van der Waals surface area contributed by atoms with Gasteiger partial charge < -0.3 is 10.2 Å². The summed E-state index contributed by atoms with van der Waals surface area (Å²) in [5, 5.41) is 2.94. The van der Waals surface area contributed by atoms with E-state index in [4.69, 9.17) is 0 Å². The lowest BCUT2D eigenvalue weighted by molar-refractivity contribution is 0.102. The van der Waals surface area contributed by atoms with Crippen LogP contribution in [-0.2, 0) is 6.54 Å². The number of nitrogens with one attached hydrogen (secondary N) is 1. The number of hydrogen-bond acceptors (Lipinski definition) is 3. The van der Waals surface area contributed by atoms with Crippen LogP contribution in [0.5, 0.6) is 0 Å². The first-order chi connectivity index (χ1) is 11.2. The summed E-state index contributed by atoms with van der Waals surface area (Å²) >= 11 is 0. The van der Waals surface area contributed by atoms with Gasteiger partial charge in [0.2, 0.25) is 0 Å². The van der Waals surface area contributed by atoms with E-state index in [0.29, 0.717) is 5.56 Å². The molecule has 4 nitrogen and oxygen atoms in total. The molecule has 120 valence electrons. The van der Waals surface area contributed by atoms with E-state index >= 15 is 0 Å². The largest absolute Gasteiger partial charge is 0.322 e. The molecule has 0 saturated carbocycles. The molecule has 1 amide bonds. The summed E-state index contributed by atoms with van der Waals surface area (Å²) in [5.74, 6) is -0.0718. The van der Waals surface area contributed by atoms with Crippen LogP contribution in [0, 0.1) is 0 Å². The first kappa shape index (κ1) is 15.7. The summed E-state index contributed by atoms with van der Waals surface area (Å²) in [7, 11) is 2.17. The van der Waals surface area contributed by atoms with Gasteiger partial charge in [0.05, 0.1) is 0 Å². The van der Waals surface area contributed by atoms with Gasteiger partial charge in [0.25, 0.3) is 5.91 Å². The number of carbonyl (C=O) groups excluding carboxylic acids is 1. The predicted octanol–water partition coefficient (Wildman–Crippen LogP) is 2.69. The van der Waals surface area contributed by atoms with Crippen LogP contribution in [0.3, 0.4) is 0 Å². The van der Waals surface area contributed by atoms with Gasteiger partial charge in [-0.25, -0.2) is 0 Å². The third-order valence-electron chi connectivity index (χ3n) is 4.25. The van der Waals surface area contributed by atoms with Crippen molar-refractivity contribution in [1.82, 2.24) is 9.80 Å². The van der Waals surface area contributed by atoms with E-state index in [-0.39, 0.29) is 5.91 Å². The van der Waals surface area contributed by atoms with E-state index in [0.717, 1.165) is 38.4 Å². The molecule has 2 aromatic rings. The maximum absolute atomic E-state index is 12.1. The average molecular weight is 309 g/mol. The molecule has 23 heavy (non-hydrogen) atoms. The van der Waals surface area contributed by atoms with Crippen molar-refractivity contribution < 1.29 is 4.79 Å². The van der Waals surface area contributed by atoms with Crippen molar-refractivity contribution in [3.05, 3.63) is 65.7 Å². The van der Waals surface area contributed by atoms with E-state index in [9.17, 15) is 4.79 Å². The van der Waals surface area contributed by atoms with E-state index in [1.165, 1.54) is 5.56 Å². The lowest BCUT2D eigenvalue weighted by atomic mass is 10.1. The van der Waals surface area contributed by atoms with Crippen molar-refractivity contribution >= 4 is 11.6 Å². The number of rotatable bonds is 4. The minimum Gasteiger partial charge on any atom is -0.322 e. The molecule has 1 heterocycles. The normalized spacial score (nSPS) is 16.2. The third-order valence-corrected chi connectivity index (χ3v) is 4.25. The smallest absolute Gasteiger partial charge is 0.255 e. The van der Waals surface area contributed by atoms with Gasteiger partial charge in [-0.2, -0.15) is 0 Å². The Kier molecular flexibility index (Phi) is 5.05. The Morgan fingerprint density at radius 3 is 2.26 bits per heavy atom. The maximum Gasteiger partial charge on any atom is 0.255 e. The first-order valence-corrected chi connectivity index (χ1v) is 8.07. The molecule has 0 spiro atoms. The van der Waals surface area contributed by atoms with Crippen LogP contribution < -0.4 is 5.32 Å². The van der Waals surface area contributed by atoms with Crippen LogP contribution in [0.2, 0.25) is 0 Å². The highest BCUT2D eigenvalue weighted by Crippen LogP contribution is 2.14. The number of carbonyl (C=O) groups is 1. The Morgan fingerprint density at radius 2 is 1.61 bits per heavy atom. The zero-order chi connectivity index (χ0) is 16.1. The van der Waals surface area contributed by atoms with Gasteiger partial charge in [0.15, 0.2) is 0 Å². The topological polar surface area (TPSA) is 35.6 Å². The number of benzene rings is 2. The number of anilines is 1. The Hall–Kier alpha value is -2.17. The van der Waals surface area contributed by atoms with Gasteiger partial charge in [-0.3, -0.25) is 9.69 Å². The summed E-state index contributed by atoms with van der Waals surface area (Å²) in [4.78, 5) is 17.0. The SMILES string of the molecule is CN1CCN(Cc2ccc(NC(=O)c3ccccc3)cc2)CC1. The molecule has 0 aromatic heterocycles. The zero-order valence-corrected chi connectivity index (χ0v) is 13.5. The number of amides is 1. The lowest BCUT2D eigenvalue weighted by Crippen LogP contribution is -2.43. The molecule has 0 radical (unpaired) electrons. The van der Waals surface area contributed by atoms with Crippen molar-refractivity contribution in [2.24, 2.45) is 0 Å². The molecule has 1 aliphatic heterocycles. The lowest BCUT2D eigenvalue weighted by Gasteiger charge is -2.32. The predicted molar refractivity (Wildman–Crippen MR) is 93.6 cm³/mol. The van der Waals surface area contributed by atoms with Crippen LogP contribution in [-0.4, -0.2) is 48.9 Å². The Bertz CT molecular complexity index is 631. The van der Waals surface area contributed by atoms with E-state index in [1.807, 2.05) is 42.5 Å². The molecule has 1 fully saturated rings. The van der Waals surface area contributed by atoms with Gasteiger partial charge in [0.1, 0.15) is 0 Å². The fourth-order valence-electron chi connectivity index (χ4n) is 2.75. The van der Waals surface area contributed by atoms with Gasteiger partial charge in [-0.1, -0.05) is 30.3 Å². The maximum atomic E-state index is 12.1. The molecular weight excluding hydrogens is 286 g/mol. The number of piperazine rings is 1. The Labute approximate surface area is 137 Å². The summed E-state index contributed by atoms with van der Waals surface area (Å²) in [6, 6.07) is 17.4. The van der Waals surface area contributed by atoms with E-state index in [2.05, 4.69) is 34.3 Å². The summed E-state index contributed by atoms with van der Waals surface area (Å²) in [6.45, 7) is 5.46. The molecule has 0 bridgehead atoms. The number of likely N-dealkylation sites (N-methyl/N-ethyl adjacent to an activating group) is 1. The van der Waals surface area contributed by atoms with Crippen molar-refractivity contribution in [3.8, 4) is 0 Å². The van der Waals surface area contributed by atoms with E-state index < -0.39 is 0 Å². The second-order valence-electron chi connectivity index (χ2n) is 6.10. The highest BCUT2D eigenvalue weighted by molar-refractivity contribution is 6.04. The number of hydrogen-bond donors (Lipinski definition) is 1. The van der Waals surface area contributed by atoms with Gasteiger partial charge in [-0.05, 0) is 36.9 Å². The zero-order valence-electron chi connectivity index (χ0n) is 13.5. The van der Waals surface area contributed by atoms with Crippen LogP contribution in [0.15, 0.2) is 54.6 Å². The molecule has 0 unspecified atom stereocenters. The molecule has 3 rings (SSSR count). The van der Waals surface area contributed by atoms with Crippen LogP contribution in [0.25, 0.3) is 0 Å². The third kappa shape index (κ3) is 4.41. The average Bonchev–Trinajstić information content (AvgIpc) is 2.59. The fourth-order valence-corrected chi connectivity index (χ4v) is 2.75. The van der Waals surface area contributed by atoms with Gasteiger partial charge in [-0.15, -0.1) is 0 Å². The van der Waals surface area contributed by atoms with Crippen molar-refractivity contribution in [1.29, 1.82) is 0 Å². The van der Waals surface area contributed by atoms with Crippen LogP contribution in [0.4, 0.5) is 5.69 Å². The standard InChI is InChI=1S/C19H23N3O/c1-21-11-13-22(14-12-21)15-16-7-9-18(10-8-16)20-19(23)17-5-3-2-4-6-17/h2-10H,11-15H2,1H3,(H,20,23). The molecule has 4 heteroatoms. The van der Waals surface area contributed by atoms with Gasteiger partial charge in [0, 0.05) is 44.0 Å². The molecule has 1 aliphatic rings. The van der Waals surface area contributed by atoms with Gasteiger partial charge >= 0.3 is 0 Å². The highest BCUT2D eigenvalue weighted by Gasteiger charge is 2.13. The molecular formula is C19H23N3O. The minimum absolute atomic E-state index is 0.0718. The quantitative estimate of drug-likeness (QED) is 0.943. The summed E-state index contributed by atoms with van der Waals surface area (Å²) in [6.07, 6.45) is 0. The fraction of sp³-hybridized carbons (Fsp3) is 0.316. The molecule has 0 aliphatic carbocycles. The molecule has 1 N–H and O–H groups in total. The monoisotopic (exact) mass is 309 g/mol. The van der Waals surface area contributed by atoms with Crippen LogP contribution >= 0.6 is 0 Å². The van der Waals surface area contributed by atoms with Crippen LogP contribution in [0.1, 0.15) is 15.9 Å². The summed E-state index contributed by atoms with van der Waals surface area (Å²) < 4.78 is 0. The first-order valence-electron chi connectivity index (χ1n) is 8.07. The highest BCUT2D eigenvalue weighted by atomic mass is 16.1. The second-order valence-corrected chi connectivity index (χ2v) is 6.10. The second kappa shape index (κ2) is 7.40. The van der Waals surface area contributed by atoms with E-state index in [1.54, 1.807) is 0 Å². The molecule has 1 saturated heterocycles. The van der Waals surface area contributed by atoms with Crippen molar-refractivity contribution in [2.75, 3.05) is 38.5 Å².